The zero-order valence-corrected chi connectivity index (χ0v) is 28.9. The summed E-state index contributed by atoms with van der Waals surface area (Å²) in [7, 11) is -1.11. The van der Waals surface area contributed by atoms with Gasteiger partial charge in [-0.3, -0.25) is 14.9 Å². The maximum Gasteiger partial charge on any atom is 0.229 e. The number of halogens is 2. The van der Waals surface area contributed by atoms with Crippen molar-refractivity contribution in [1.29, 1.82) is 0 Å². The maximum atomic E-state index is 14.3. The number of rotatable bonds is 10. The van der Waals surface area contributed by atoms with Crippen molar-refractivity contribution in [2.24, 2.45) is 0 Å². The van der Waals surface area contributed by atoms with E-state index in [2.05, 4.69) is 70.4 Å². The quantitative estimate of drug-likeness (QED) is 0.181. The minimum atomic E-state index is -2.76. The zero-order chi connectivity index (χ0) is 32.6. The molecule has 4 heterocycles. The van der Waals surface area contributed by atoms with Crippen LogP contribution in [0.1, 0.15) is 25.3 Å². The van der Waals surface area contributed by atoms with E-state index in [0.29, 0.717) is 63.1 Å². The summed E-state index contributed by atoms with van der Waals surface area (Å²) in [5.41, 5.74) is 3.48. The minimum absolute atomic E-state index is 0.314. The highest BCUT2D eigenvalue weighted by molar-refractivity contribution is 9.10. The molecule has 14 heteroatoms. The molecular formula is C32H39BrFN8O3P. The molecule has 0 atom stereocenters. The highest BCUT2D eigenvalue weighted by atomic mass is 79.9. The first-order valence-corrected chi connectivity index (χ1v) is 18.8. The molecule has 46 heavy (non-hydrogen) atoms. The van der Waals surface area contributed by atoms with Crippen molar-refractivity contribution in [2.75, 3.05) is 68.8 Å². The van der Waals surface area contributed by atoms with Crippen LogP contribution in [0.2, 0.25) is 0 Å². The van der Waals surface area contributed by atoms with Crippen LogP contribution in [0.25, 0.3) is 11.0 Å². The van der Waals surface area contributed by atoms with Crippen molar-refractivity contribution in [3.63, 3.8) is 0 Å². The van der Waals surface area contributed by atoms with E-state index < -0.39 is 19.4 Å². The molecule has 0 saturated carbocycles. The number of aryl methyl sites for hydroxylation is 1. The normalized spacial score (nSPS) is 17.2. The van der Waals surface area contributed by atoms with Crippen molar-refractivity contribution in [3.8, 4) is 5.75 Å². The Kier molecular flexibility index (Phi) is 9.22. The number of methoxy groups -OCH3 is 1. The molecule has 0 amide bonds. The molecule has 6 rings (SSSR count). The van der Waals surface area contributed by atoms with Gasteiger partial charge in [-0.2, -0.15) is 4.98 Å². The Bertz CT molecular complexity index is 1790. The number of piperidine rings is 1. The SMILES string of the molecule is CCc1cc(Nc2ncc(Br)c(Nc3ccc4nccnc4c3P(C)(C)=O)n2)c(OC)cc1N1CCC(N2CC(F)(CO)C2)CC1. The second-order valence-corrected chi connectivity index (χ2v) is 16.3. The molecule has 0 aliphatic carbocycles. The predicted molar refractivity (Wildman–Crippen MR) is 185 cm³/mol. The van der Waals surface area contributed by atoms with Crippen molar-refractivity contribution in [1.82, 2.24) is 24.8 Å². The van der Waals surface area contributed by atoms with Crippen molar-refractivity contribution >= 4 is 68.2 Å². The number of alkyl halides is 1. The number of likely N-dealkylation sites (tertiary alicyclic amines) is 1. The lowest BCUT2D eigenvalue weighted by Crippen LogP contribution is -2.65. The van der Waals surface area contributed by atoms with Crippen molar-refractivity contribution in [2.45, 2.75) is 37.9 Å². The summed E-state index contributed by atoms with van der Waals surface area (Å²) < 4.78 is 34.1. The van der Waals surface area contributed by atoms with Crippen LogP contribution < -0.4 is 25.6 Å². The van der Waals surface area contributed by atoms with Gasteiger partial charge in [-0.25, -0.2) is 9.37 Å². The monoisotopic (exact) mass is 712 g/mol. The molecule has 244 valence electrons. The molecule has 11 nitrogen and oxygen atoms in total. The first-order chi connectivity index (χ1) is 22.0. The predicted octanol–water partition coefficient (Wildman–Crippen LogP) is 5.47. The number of benzene rings is 2. The second kappa shape index (κ2) is 13.0. The summed E-state index contributed by atoms with van der Waals surface area (Å²) in [6, 6.07) is 8.16. The van der Waals surface area contributed by atoms with Gasteiger partial charge in [-0.1, -0.05) is 6.92 Å². The van der Waals surface area contributed by atoms with Gasteiger partial charge in [0.2, 0.25) is 5.95 Å². The first kappa shape index (κ1) is 32.6. The molecular weight excluding hydrogens is 674 g/mol. The van der Waals surface area contributed by atoms with Crippen LogP contribution in [0.3, 0.4) is 0 Å². The van der Waals surface area contributed by atoms with E-state index in [1.165, 1.54) is 0 Å². The van der Waals surface area contributed by atoms with Gasteiger partial charge < -0.3 is 29.9 Å². The Morgan fingerprint density at radius 3 is 2.52 bits per heavy atom. The fourth-order valence-electron chi connectivity index (χ4n) is 6.40. The average Bonchev–Trinajstić information content (AvgIpc) is 3.04. The van der Waals surface area contributed by atoms with Crippen molar-refractivity contribution < 1.29 is 18.8 Å². The fourth-order valence-corrected chi connectivity index (χ4v) is 8.08. The summed E-state index contributed by atoms with van der Waals surface area (Å²) >= 11 is 3.56. The lowest BCUT2D eigenvalue weighted by atomic mass is 9.91. The molecule has 0 unspecified atom stereocenters. The summed E-state index contributed by atoms with van der Waals surface area (Å²) in [6.45, 7) is 7.49. The summed E-state index contributed by atoms with van der Waals surface area (Å²) in [6.07, 6.45) is 7.57. The van der Waals surface area contributed by atoms with E-state index in [4.69, 9.17) is 9.72 Å². The third-order valence-electron chi connectivity index (χ3n) is 8.76. The number of ether oxygens (including phenoxy) is 1. The van der Waals surface area contributed by atoms with Crippen LogP contribution in [-0.2, 0) is 11.0 Å². The molecule has 2 saturated heterocycles. The lowest BCUT2D eigenvalue weighted by molar-refractivity contribution is -0.0896. The van der Waals surface area contributed by atoms with Crippen LogP contribution in [0, 0.1) is 0 Å². The minimum Gasteiger partial charge on any atom is -0.494 e. The molecule has 3 N–H and O–H groups in total. The molecule has 2 aliphatic heterocycles. The van der Waals surface area contributed by atoms with Gasteiger partial charge in [-0.05, 0) is 72.3 Å². The molecule has 4 aromatic rings. The number of nitrogens with zero attached hydrogens (tertiary/aromatic N) is 6. The van der Waals surface area contributed by atoms with E-state index in [0.717, 1.165) is 49.3 Å². The van der Waals surface area contributed by atoms with Gasteiger partial charge in [0.1, 0.15) is 24.2 Å². The number of nitrogens with one attached hydrogen (secondary N) is 2. The topological polar surface area (TPSA) is 129 Å². The van der Waals surface area contributed by atoms with Crippen LogP contribution in [0.4, 0.5) is 33.2 Å². The second-order valence-electron chi connectivity index (χ2n) is 12.3. The molecule has 2 fully saturated rings. The van der Waals surface area contributed by atoms with Gasteiger partial charge in [0.05, 0.1) is 40.4 Å². The fraction of sp³-hybridized carbons (Fsp3) is 0.438. The average molecular weight is 714 g/mol. The highest BCUT2D eigenvalue weighted by Gasteiger charge is 2.46. The Balaban J connectivity index is 1.22. The van der Waals surface area contributed by atoms with Gasteiger partial charge in [-0.15, -0.1) is 0 Å². The Morgan fingerprint density at radius 1 is 1.11 bits per heavy atom. The van der Waals surface area contributed by atoms with Crippen LogP contribution in [-0.4, -0.2) is 94.9 Å². The summed E-state index contributed by atoms with van der Waals surface area (Å²) in [4.78, 5) is 22.6. The van der Waals surface area contributed by atoms with Gasteiger partial charge in [0.25, 0.3) is 0 Å². The van der Waals surface area contributed by atoms with Crippen LogP contribution in [0.15, 0.2) is 47.3 Å². The van der Waals surface area contributed by atoms with Gasteiger partial charge in [0.15, 0.2) is 5.67 Å². The Labute approximate surface area is 276 Å². The number of hydrogen-bond donors (Lipinski definition) is 3. The third kappa shape index (κ3) is 6.56. The van der Waals surface area contributed by atoms with E-state index in [-0.39, 0.29) is 0 Å². The largest absolute Gasteiger partial charge is 0.494 e. The number of aromatic nitrogens is 4. The number of hydrogen-bond acceptors (Lipinski definition) is 11. The summed E-state index contributed by atoms with van der Waals surface area (Å²) in [5, 5.41) is 16.6. The number of aliphatic hydroxyl groups excluding tert-OH is 1. The number of aliphatic hydroxyl groups is 1. The number of fused-ring (bicyclic) bond motifs is 1. The standard InChI is InChI=1S/C32H39BrFN8O3P/c1-5-20-14-25(27(45-2)15-26(20)41-12-8-21(9-13-41)42-17-32(34,18-42)19-43)39-31-37-16-22(33)30(40-31)38-24-7-6-23-28(36-11-10-35-23)29(24)46(3,4)44/h6-7,10-11,14-16,21,43H,5,8-9,12-13,17-19H2,1-4H3,(H2,37,38,39,40). The Morgan fingerprint density at radius 2 is 1.85 bits per heavy atom. The van der Waals surface area contributed by atoms with Crippen molar-refractivity contribution in [3.05, 3.63) is 52.9 Å². The van der Waals surface area contributed by atoms with E-state index in [9.17, 15) is 14.1 Å². The number of anilines is 5. The molecule has 0 spiro atoms. The van der Waals surface area contributed by atoms with E-state index >= 15 is 0 Å². The van der Waals surface area contributed by atoms with E-state index in [1.54, 1.807) is 39.0 Å². The zero-order valence-electron chi connectivity index (χ0n) is 26.4. The maximum absolute atomic E-state index is 14.3. The smallest absolute Gasteiger partial charge is 0.229 e. The van der Waals surface area contributed by atoms with E-state index in [1.807, 2.05) is 12.1 Å². The lowest BCUT2D eigenvalue weighted by Gasteiger charge is -2.50. The first-order valence-electron chi connectivity index (χ1n) is 15.4. The Hall–Kier alpha value is -3.38. The molecule has 0 radical (unpaired) electrons. The van der Waals surface area contributed by atoms with Gasteiger partial charge in [0, 0.05) is 62.6 Å². The molecule has 2 aromatic heterocycles. The molecule has 2 aromatic carbocycles. The molecule has 2 aliphatic rings. The van der Waals surface area contributed by atoms with Crippen LogP contribution in [0.5, 0.6) is 5.75 Å². The van der Waals surface area contributed by atoms with Gasteiger partial charge >= 0.3 is 0 Å². The highest BCUT2D eigenvalue weighted by Crippen LogP contribution is 2.42. The molecule has 0 bridgehead atoms. The summed E-state index contributed by atoms with van der Waals surface area (Å²) in [5.74, 6) is 1.52. The third-order valence-corrected chi connectivity index (χ3v) is 10.9. The van der Waals surface area contributed by atoms with Crippen LogP contribution >= 0.6 is 23.1 Å².